The lowest BCUT2D eigenvalue weighted by Gasteiger charge is -2.18. The van der Waals surface area contributed by atoms with Gasteiger partial charge in [-0.2, -0.15) is 5.10 Å². The zero-order valence-electron chi connectivity index (χ0n) is 17.9. The summed E-state index contributed by atoms with van der Waals surface area (Å²) in [5.74, 6) is 0.234. The second-order valence-corrected chi connectivity index (χ2v) is 8.47. The number of carbonyl (C=O) groups excluding carboxylic acids is 3. The second-order valence-electron chi connectivity index (χ2n) is 8.47. The number of aryl methyl sites for hydroxylation is 1. The maximum Gasteiger partial charge on any atom is 0.222 e. The predicted octanol–water partition coefficient (Wildman–Crippen LogP) is 2.20. The van der Waals surface area contributed by atoms with Crippen LogP contribution in [0.25, 0.3) is 5.69 Å². The van der Waals surface area contributed by atoms with E-state index in [1.807, 2.05) is 36.1 Å². The molecule has 164 valence electrons. The van der Waals surface area contributed by atoms with Gasteiger partial charge < -0.3 is 15.5 Å². The SMILES string of the molecule is Cc1ccc(-n2ncc(C(=O)C3CCN(C(=O)CCCN4CCCC4=O)C3)c2N)cc1. The summed E-state index contributed by atoms with van der Waals surface area (Å²) >= 11 is 0. The molecule has 0 radical (unpaired) electrons. The van der Waals surface area contributed by atoms with Crippen LogP contribution in [-0.4, -0.2) is 63.4 Å². The zero-order chi connectivity index (χ0) is 22.0. The Morgan fingerprint density at radius 1 is 1.19 bits per heavy atom. The van der Waals surface area contributed by atoms with Crippen LogP contribution in [0.4, 0.5) is 5.82 Å². The molecule has 2 saturated heterocycles. The van der Waals surface area contributed by atoms with E-state index in [9.17, 15) is 14.4 Å². The minimum absolute atomic E-state index is 0.0465. The Balaban J connectivity index is 1.32. The highest BCUT2D eigenvalue weighted by atomic mass is 16.2. The molecule has 2 aliphatic heterocycles. The number of carbonyl (C=O) groups is 3. The molecule has 1 aromatic heterocycles. The first-order chi connectivity index (χ1) is 14.9. The molecule has 1 atom stereocenters. The molecular weight excluding hydrogens is 394 g/mol. The average molecular weight is 424 g/mol. The van der Waals surface area contributed by atoms with Crippen molar-refractivity contribution in [3.05, 3.63) is 41.6 Å². The molecule has 2 amide bonds. The zero-order valence-corrected chi connectivity index (χ0v) is 17.9. The van der Waals surface area contributed by atoms with Crippen molar-refractivity contribution in [1.29, 1.82) is 0 Å². The van der Waals surface area contributed by atoms with Crippen LogP contribution in [0.15, 0.2) is 30.5 Å². The minimum Gasteiger partial charge on any atom is -0.383 e. The lowest BCUT2D eigenvalue weighted by atomic mass is 9.98. The minimum atomic E-state index is -0.262. The van der Waals surface area contributed by atoms with Crippen LogP contribution in [0.5, 0.6) is 0 Å². The van der Waals surface area contributed by atoms with E-state index in [4.69, 9.17) is 5.73 Å². The number of benzene rings is 1. The average Bonchev–Trinajstić information content (AvgIpc) is 3.49. The van der Waals surface area contributed by atoms with Gasteiger partial charge in [0.05, 0.1) is 17.4 Å². The first-order valence-corrected chi connectivity index (χ1v) is 10.9. The van der Waals surface area contributed by atoms with E-state index in [0.29, 0.717) is 56.7 Å². The first kappa shape index (κ1) is 21.1. The van der Waals surface area contributed by atoms with E-state index >= 15 is 0 Å². The van der Waals surface area contributed by atoms with Gasteiger partial charge in [-0.05, 0) is 38.3 Å². The smallest absolute Gasteiger partial charge is 0.222 e. The predicted molar refractivity (Wildman–Crippen MR) is 117 cm³/mol. The highest BCUT2D eigenvalue weighted by Gasteiger charge is 2.33. The van der Waals surface area contributed by atoms with Gasteiger partial charge in [-0.15, -0.1) is 0 Å². The normalized spacial score (nSPS) is 18.7. The maximum absolute atomic E-state index is 13.0. The number of nitrogens with zero attached hydrogens (tertiary/aromatic N) is 4. The van der Waals surface area contributed by atoms with Crippen molar-refractivity contribution in [2.45, 2.75) is 39.0 Å². The van der Waals surface area contributed by atoms with Crippen molar-refractivity contribution in [3.63, 3.8) is 0 Å². The van der Waals surface area contributed by atoms with Crippen molar-refractivity contribution in [2.24, 2.45) is 5.92 Å². The monoisotopic (exact) mass is 423 g/mol. The molecule has 0 aliphatic carbocycles. The van der Waals surface area contributed by atoms with Crippen LogP contribution < -0.4 is 5.73 Å². The Morgan fingerprint density at radius 3 is 2.68 bits per heavy atom. The van der Waals surface area contributed by atoms with E-state index < -0.39 is 0 Å². The third kappa shape index (κ3) is 4.47. The Hall–Kier alpha value is -3.16. The first-order valence-electron chi connectivity index (χ1n) is 10.9. The number of nitrogen functional groups attached to an aromatic ring is 1. The van der Waals surface area contributed by atoms with Gasteiger partial charge in [0.1, 0.15) is 5.82 Å². The van der Waals surface area contributed by atoms with Crippen molar-refractivity contribution in [2.75, 3.05) is 31.9 Å². The van der Waals surface area contributed by atoms with Crippen LogP contribution in [0, 0.1) is 12.8 Å². The summed E-state index contributed by atoms with van der Waals surface area (Å²) in [6.45, 7) is 4.42. The Labute approximate surface area is 182 Å². The van der Waals surface area contributed by atoms with Gasteiger partial charge in [-0.3, -0.25) is 14.4 Å². The van der Waals surface area contributed by atoms with E-state index in [1.54, 1.807) is 9.58 Å². The number of aromatic nitrogens is 2. The topological polar surface area (TPSA) is 102 Å². The van der Waals surface area contributed by atoms with Gasteiger partial charge in [-0.1, -0.05) is 17.7 Å². The third-order valence-corrected chi connectivity index (χ3v) is 6.25. The molecule has 2 N–H and O–H groups in total. The molecule has 0 bridgehead atoms. The van der Waals surface area contributed by atoms with Crippen LogP contribution >= 0.6 is 0 Å². The summed E-state index contributed by atoms with van der Waals surface area (Å²) in [5.41, 5.74) is 8.59. The Bertz CT molecular complexity index is 982. The second kappa shape index (κ2) is 8.91. The molecule has 1 aromatic carbocycles. The quantitative estimate of drug-likeness (QED) is 0.688. The summed E-state index contributed by atoms with van der Waals surface area (Å²) in [5, 5.41) is 4.30. The number of ketones is 1. The van der Waals surface area contributed by atoms with Crippen molar-refractivity contribution >= 4 is 23.4 Å². The standard InChI is InChI=1S/C23H29N5O3/c1-16-6-8-18(9-7-16)28-23(24)19(14-25-28)22(31)17-10-13-27(15-17)21(30)5-3-12-26-11-2-4-20(26)29/h6-9,14,17H,2-5,10-13,15,24H2,1H3. The Morgan fingerprint density at radius 2 is 1.97 bits per heavy atom. The van der Waals surface area contributed by atoms with E-state index in [0.717, 1.165) is 24.2 Å². The summed E-state index contributed by atoms with van der Waals surface area (Å²) in [6.07, 6.45) is 4.74. The molecule has 2 fully saturated rings. The van der Waals surface area contributed by atoms with Gasteiger partial charge in [0.25, 0.3) is 0 Å². The fourth-order valence-corrected chi connectivity index (χ4v) is 4.38. The molecule has 4 rings (SSSR count). The fourth-order valence-electron chi connectivity index (χ4n) is 4.38. The van der Waals surface area contributed by atoms with Crippen molar-refractivity contribution in [1.82, 2.24) is 19.6 Å². The molecule has 3 heterocycles. The number of amides is 2. The number of anilines is 1. The van der Waals surface area contributed by atoms with Gasteiger partial charge in [0.2, 0.25) is 11.8 Å². The van der Waals surface area contributed by atoms with Crippen LogP contribution in [0.1, 0.15) is 48.0 Å². The van der Waals surface area contributed by atoms with Gasteiger partial charge in [0, 0.05) is 44.9 Å². The molecule has 2 aromatic rings. The number of hydrogen-bond donors (Lipinski definition) is 1. The molecule has 8 heteroatoms. The number of likely N-dealkylation sites (tertiary alicyclic amines) is 2. The maximum atomic E-state index is 13.0. The summed E-state index contributed by atoms with van der Waals surface area (Å²) in [7, 11) is 0. The number of nitrogens with two attached hydrogens (primary N) is 1. The molecular formula is C23H29N5O3. The number of rotatable bonds is 7. The summed E-state index contributed by atoms with van der Waals surface area (Å²) < 4.78 is 1.57. The van der Waals surface area contributed by atoms with E-state index in [1.165, 1.54) is 6.20 Å². The van der Waals surface area contributed by atoms with Crippen LogP contribution in [0.3, 0.4) is 0 Å². The molecule has 8 nitrogen and oxygen atoms in total. The van der Waals surface area contributed by atoms with Crippen molar-refractivity contribution in [3.8, 4) is 5.69 Å². The highest BCUT2D eigenvalue weighted by Crippen LogP contribution is 2.26. The molecule has 2 aliphatic rings. The highest BCUT2D eigenvalue weighted by molar-refractivity contribution is 6.02. The molecule has 0 saturated carbocycles. The Kier molecular flexibility index (Phi) is 6.06. The van der Waals surface area contributed by atoms with Crippen LogP contribution in [-0.2, 0) is 9.59 Å². The van der Waals surface area contributed by atoms with Gasteiger partial charge in [0.15, 0.2) is 5.78 Å². The lowest BCUT2D eigenvalue weighted by molar-refractivity contribution is -0.131. The van der Waals surface area contributed by atoms with E-state index in [2.05, 4.69) is 5.10 Å². The van der Waals surface area contributed by atoms with E-state index in [-0.39, 0.29) is 23.5 Å². The number of Topliss-reactive ketones (excluding diaryl/α,β-unsaturated/α-hetero) is 1. The number of hydrogen-bond acceptors (Lipinski definition) is 5. The van der Waals surface area contributed by atoms with Crippen LogP contribution in [0.2, 0.25) is 0 Å². The molecule has 1 unspecified atom stereocenters. The third-order valence-electron chi connectivity index (χ3n) is 6.25. The lowest BCUT2D eigenvalue weighted by Crippen LogP contribution is -2.31. The van der Waals surface area contributed by atoms with Gasteiger partial charge >= 0.3 is 0 Å². The molecule has 0 spiro atoms. The van der Waals surface area contributed by atoms with Crippen molar-refractivity contribution < 1.29 is 14.4 Å². The molecule has 31 heavy (non-hydrogen) atoms. The summed E-state index contributed by atoms with van der Waals surface area (Å²) in [6, 6.07) is 7.77. The van der Waals surface area contributed by atoms with Gasteiger partial charge in [-0.25, -0.2) is 4.68 Å². The fraction of sp³-hybridized carbons (Fsp3) is 0.478. The summed E-state index contributed by atoms with van der Waals surface area (Å²) in [4.78, 5) is 40.9. The largest absolute Gasteiger partial charge is 0.383 e.